The minimum Gasteiger partial charge on any atom is -0.382 e. The van der Waals surface area contributed by atoms with Gasteiger partial charge in [-0.25, -0.2) is 0 Å². The number of carbonyl (C=O) groups excluding carboxylic acids is 1. The lowest BCUT2D eigenvalue weighted by Gasteiger charge is -2.15. The molecule has 3 heteroatoms. The van der Waals surface area contributed by atoms with Crippen molar-refractivity contribution in [3.05, 3.63) is 23.8 Å². The largest absolute Gasteiger partial charge is 0.382 e. The lowest BCUT2D eigenvalue weighted by molar-refractivity contribution is -0.118. The normalized spacial score (nSPS) is 19.8. The summed E-state index contributed by atoms with van der Waals surface area (Å²) in [6.45, 7) is 6.95. The maximum atomic E-state index is 11.7. The van der Waals surface area contributed by atoms with E-state index >= 15 is 0 Å². The van der Waals surface area contributed by atoms with Gasteiger partial charge in [0.1, 0.15) is 0 Å². The van der Waals surface area contributed by atoms with Crippen molar-refractivity contribution in [1.29, 1.82) is 0 Å². The number of amides is 1. The summed E-state index contributed by atoms with van der Waals surface area (Å²) in [7, 11) is 0. The third-order valence-electron chi connectivity index (χ3n) is 3.01. The first kappa shape index (κ1) is 11.0. The molecule has 1 aromatic rings. The molecule has 0 fully saturated rings. The van der Waals surface area contributed by atoms with Crippen molar-refractivity contribution >= 4 is 17.3 Å². The molecule has 3 nitrogen and oxygen atoms in total. The van der Waals surface area contributed by atoms with Crippen LogP contribution in [0.25, 0.3) is 0 Å². The molecular formula is C13H18N2O. The Morgan fingerprint density at radius 1 is 1.38 bits per heavy atom. The molecule has 1 aliphatic heterocycles. The van der Waals surface area contributed by atoms with Crippen LogP contribution >= 0.6 is 0 Å². The second-order valence-electron chi connectivity index (χ2n) is 4.70. The van der Waals surface area contributed by atoms with Crippen molar-refractivity contribution in [2.45, 2.75) is 26.7 Å². The Kier molecular flexibility index (Phi) is 2.86. The van der Waals surface area contributed by atoms with Crippen molar-refractivity contribution < 1.29 is 4.79 Å². The molecule has 0 spiro atoms. The third kappa shape index (κ3) is 1.90. The predicted octanol–water partition coefficient (Wildman–Crippen LogP) is 2.81. The Hall–Kier alpha value is -1.51. The fraction of sp³-hybridized carbons (Fsp3) is 0.462. The Morgan fingerprint density at radius 3 is 2.81 bits per heavy atom. The molecule has 1 heterocycles. The molecule has 2 rings (SSSR count). The third-order valence-corrected chi connectivity index (χ3v) is 3.01. The lowest BCUT2D eigenvalue weighted by atomic mass is 10.00. The Balaban J connectivity index is 2.44. The smallest absolute Gasteiger partial charge is 0.229 e. The summed E-state index contributed by atoms with van der Waals surface area (Å²) >= 11 is 0. The van der Waals surface area contributed by atoms with E-state index in [1.54, 1.807) is 0 Å². The van der Waals surface area contributed by atoms with E-state index in [1.807, 2.05) is 19.1 Å². The van der Waals surface area contributed by atoms with Gasteiger partial charge in [-0.2, -0.15) is 0 Å². The van der Waals surface area contributed by atoms with Crippen LogP contribution in [0.5, 0.6) is 0 Å². The van der Waals surface area contributed by atoms with E-state index in [0.29, 0.717) is 12.5 Å². The van der Waals surface area contributed by atoms with Crippen molar-refractivity contribution in [2.75, 3.05) is 17.2 Å². The molecule has 0 radical (unpaired) electrons. The molecule has 86 valence electrons. The van der Waals surface area contributed by atoms with E-state index in [2.05, 4.69) is 30.5 Å². The number of anilines is 2. The van der Waals surface area contributed by atoms with E-state index in [1.165, 1.54) is 5.56 Å². The van der Waals surface area contributed by atoms with Crippen LogP contribution in [0.1, 0.15) is 32.3 Å². The number of carbonyl (C=O) groups is 1. The fourth-order valence-corrected chi connectivity index (χ4v) is 1.96. The lowest BCUT2D eigenvalue weighted by Crippen LogP contribution is -2.22. The zero-order chi connectivity index (χ0) is 11.7. The van der Waals surface area contributed by atoms with E-state index in [9.17, 15) is 4.79 Å². The minimum absolute atomic E-state index is 0.00686. The minimum atomic E-state index is 0.00686. The summed E-state index contributed by atoms with van der Waals surface area (Å²) in [6.07, 6.45) is 0. The van der Waals surface area contributed by atoms with E-state index < -0.39 is 0 Å². The van der Waals surface area contributed by atoms with Crippen molar-refractivity contribution in [1.82, 2.24) is 0 Å². The zero-order valence-corrected chi connectivity index (χ0v) is 10.0. The number of hydrogen-bond acceptors (Lipinski definition) is 2. The predicted molar refractivity (Wildman–Crippen MR) is 66.8 cm³/mol. The molecule has 1 aromatic carbocycles. The molecule has 1 atom stereocenters. The fourth-order valence-electron chi connectivity index (χ4n) is 1.96. The van der Waals surface area contributed by atoms with Crippen LogP contribution in [-0.4, -0.2) is 12.5 Å². The van der Waals surface area contributed by atoms with E-state index in [-0.39, 0.29) is 11.8 Å². The Morgan fingerprint density at radius 2 is 2.12 bits per heavy atom. The van der Waals surface area contributed by atoms with Crippen LogP contribution in [0.3, 0.4) is 0 Å². The number of rotatable bonds is 1. The average Bonchev–Trinajstić information content (AvgIpc) is 2.39. The SMILES string of the molecule is CC1CNc2c(cccc2C(C)C)NC1=O. The number of nitrogens with one attached hydrogen (secondary N) is 2. The molecule has 2 N–H and O–H groups in total. The summed E-state index contributed by atoms with van der Waals surface area (Å²) in [6, 6.07) is 6.05. The second kappa shape index (κ2) is 4.16. The van der Waals surface area contributed by atoms with Crippen molar-refractivity contribution in [3.8, 4) is 0 Å². The molecular weight excluding hydrogens is 200 g/mol. The van der Waals surface area contributed by atoms with Gasteiger partial charge in [0, 0.05) is 6.54 Å². The summed E-state index contributed by atoms with van der Waals surface area (Å²) in [5.74, 6) is 0.548. The highest BCUT2D eigenvalue weighted by molar-refractivity contribution is 5.97. The van der Waals surface area contributed by atoms with Crippen LogP contribution in [0.2, 0.25) is 0 Å². The molecule has 1 amide bonds. The highest BCUT2D eigenvalue weighted by Gasteiger charge is 2.21. The first-order valence-electron chi connectivity index (χ1n) is 5.77. The van der Waals surface area contributed by atoms with Gasteiger partial charge in [-0.15, -0.1) is 0 Å². The molecule has 1 unspecified atom stereocenters. The van der Waals surface area contributed by atoms with Gasteiger partial charge in [0.25, 0.3) is 0 Å². The molecule has 1 aliphatic rings. The summed E-state index contributed by atoms with van der Waals surface area (Å²) in [4.78, 5) is 11.7. The van der Waals surface area contributed by atoms with Gasteiger partial charge in [0.05, 0.1) is 17.3 Å². The number of hydrogen-bond donors (Lipinski definition) is 2. The van der Waals surface area contributed by atoms with E-state index in [4.69, 9.17) is 0 Å². The summed E-state index contributed by atoms with van der Waals surface area (Å²) in [5, 5.41) is 6.34. The average molecular weight is 218 g/mol. The van der Waals surface area contributed by atoms with Crippen LogP contribution in [0.4, 0.5) is 11.4 Å². The molecule has 0 bridgehead atoms. The number of para-hydroxylation sites is 1. The van der Waals surface area contributed by atoms with Gasteiger partial charge in [-0.05, 0) is 17.5 Å². The monoisotopic (exact) mass is 218 g/mol. The van der Waals surface area contributed by atoms with Crippen LogP contribution in [-0.2, 0) is 4.79 Å². The molecule has 0 aliphatic carbocycles. The summed E-state index contributed by atoms with van der Waals surface area (Å²) < 4.78 is 0. The molecule has 0 saturated carbocycles. The first-order valence-corrected chi connectivity index (χ1v) is 5.77. The first-order chi connectivity index (χ1) is 7.59. The molecule has 0 saturated heterocycles. The van der Waals surface area contributed by atoms with Crippen LogP contribution in [0, 0.1) is 5.92 Å². The van der Waals surface area contributed by atoms with Gasteiger partial charge in [-0.3, -0.25) is 4.79 Å². The van der Waals surface area contributed by atoms with Gasteiger partial charge in [0.15, 0.2) is 0 Å². The van der Waals surface area contributed by atoms with Crippen molar-refractivity contribution in [2.24, 2.45) is 5.92 Å². The topological polar surface area (TPSA) is 41.1 Å². The number of fused-ring (bicyclic) bond motifs is 1. The van der Waals surface area contributed by atoms with Gasteiger partial charge < -0.3 is 10.6 Å². The number of benzene rings is 1. The van der Waals surface area contributed by atoms with Crippen LogP contribution in [0.15, 0.2) is 18.2 Å². The second-order valence-corrected chi connectivity index (χ2v) is 4.70. The van der Waals surface area contributed by atoms with Gasteiger partial charge in [-0.1, -0.05) is 32.9 Å². The van der Waals surface area contributed by atoms with Gasteiger partial charge >= 0.3 is 0 Å². The maximum Gasteiger partial charge on any atom is 0.229 e. The summed E-state index contributed by atoms with van der Waals surface area (Å²) in [5.41, 5.74) is 3.24. The van der Waals surface area contributed by atoms with Gasteiger partial charge in [0.2, 0.25) is 5.91 Å². The standard InChI is InChI=1S/C13H18N2O/c1-8(2)10-5-4-6-11-12(10)14-7-9(3)13(16)15-11/h4-6,8-9,14H,7H2,1-3H3,(H,15,16). The highest BCUT2D eigenvalue weighted by Crippen LogP contribution is 2.33. The van der Waals surface area contributed by atoms with Crippen LogP contribution < -0.4 is 10.6 Å². The molecule has 0 aromatic heterocycles. The Labute approximate surface area is 96.2 Å². The van der Waals surface area contributed by atoms with Crippen molar-refractivity contribution in [3.63, 3.8) is 0 Å². The highest BCUT2D eigenvalue weighted by atomic mass is 16.1. The van der Waals surface area contributed by atoms with E-state index in [0.717, 1.165) is 11.4 Å². The maximum absolute atomic E-state index is 11.7. The Bertz CT molecular complexity index is 412. The molecule has 16 heavy (non-hydrogen) atoms. The zero-order valence-electron chi connectivity index (χ0n) is 10.0. The quantitative estimate of drug-likeness (QED) is 0.761.